The van der Waals surface area contributed by atoms with E-state index < -0.39 is 10.0 Å². The fourth-order valence-corrected chi connectivity index (χ4v) is 3.63. The quantitative estimate of drug-likeness (QED) is 0.767. The summed E-state index contributed by atoms with van der Waals surface area (Å²) in [7, 11) is -3.20. The molecule has 1 saturated heterocycles. The van der Waals surface area contributed by atoms with Crippen LogP contribution >= 0.6 is 12.4 Å². The molecule has 1 aromatic carbocycles. The molecule has 0 spiro atoms. The highest BCUT2D eigenvalue weighted by molar-refractivity contribution is 7.89. The monoisotopic (exact) mass is 376 g/mol. The van der Waals surface area contributed by atoms with Crippen molar-refractivity contribution in [1.82, 2.24) is 10.0 Å². The lowest BCUT2D eigenvalue weighted by Crippen LogP contribution is -2.56. The van der Waals surface area contributed by atoms with Gasteiger partial charge in [-0.25, -0.2) is 13.1 Å². The first-order valence-corrected chi connectivity index (χ1v) is 10.0. The highest BCUT2D eigenvalue weighted by Crippen LogP contribution is 2.19. The fourth-order valence-electron chi connectivity index (χ4n) is 2.72. The van der Waals surface area contributed by atoms with Crippen molar-refractivity contribution in [1.29, 1.82) is 0 Å². The molecule has 5 nitrogen and oxygen atoms in total. The van der Waals surface area contributed by atoms with E-state index in [1.54, 1.807) is 6.92 Å². The van der Waals surface area contributed by atoms with Gasteiger partial charge < -0.3 is 10.1 Å². The van der Waals surface area contributed by atoms with Crippen LogP contribution in [-0.2, 0) is 10.0 Å². The first-order valence-electron chi connectivity index (χ1n) is 8.37. The molecule has 0 saturated carbocycles. The van der Waals surface area contributed by atoms with Crippen LogP contribution in [0.5, 0.6) is 5.75 Å². The molecule has 7 heteroatoms. The molecule has 0 bridgehead atoms. The van der Waals surface area contributed by atoms with Crippen molar-refractivity contribution >= 4 is 22.4 Å². The summed E-state index contributed by atoms with van der Waals surface area (Å²) >= 11 is 0. The maximum absolute atomic E-state index is 11.8. The Labute approximate surface area is 152 Å². The molecule has 1 fully saturated rings. The van der Waals surface area contributed by atoms with Crippen LogP contribution in [0.4, 0.5) is 0 Å². The Balaban J connectivity index is 0.00000288. The number of rotatable bonds is 7. The van der Waals surface area contributed by atoms with E-state index in [0.717, 1.165) is 25.1 Å². The fraction of sp³-hybridized carbons (Fsp3) is 0.647. The Hall–Kier alpha value is -0.820. The lowest BCUT2D eigenvalue weighted by atomic mass is 10.00. The van der Waals surface area contributed by atoms with Gasteiger partial charge in [-0.15, -0.1) is 12.4 Å². The third-order valence-electron chi connectivity index (χ3n) is 4.27. The maximum Gasteiger partial charge on any atom is 0.211 e. The van der Waals surface area contributed by atoms with E-state index in [0.29, 0.717) is 12.5 Å². The molecule has 1 aromatic rings. The summed E-state index contributed by atoms with van der Waals surface area (Å²) in [6.45, 7) is 7.32. The molecule has 1 aliphatic rings. The second kappa shape index (κ2) is 9.61. The van der Waals surface area contributed by atoms with Gasteiger partial charge in [-0.3, -0.25) is 0 Å². The molecule has 138 valence electrons. The van der Waals surface area contributed by atoms with E-state index in [1.807, 2.05) is 12.1 Å². The van der Waals surface area contributed by atoms with Crippen LogP contribution in [-0.4, -0.2) is 39.4 Å². The van der Waals surface area contributed by atoms with Crippen molar-refractivity contribution in [2.24, 2.45) is 0 Å². The van der Waals surface area contributed by atoms with Gasteiger partial charge in [0.15, 0.2) is 0 Å². The molecule has 0 aliphatic carbocycles. The summed E-state index contributed by atoms with van der Waals surface area (Å²) in [5, 5.41) is 3.36. The first kappa shape index (κ1) is 21.2. The minimum absolute atomic E-state index is 0. The topological polar surface area (TPSA) is 67.4 Å². The lowest BCUT2D eigenvalue weighted by molar-refractivity contribution is 0.213. The van der Waals surface area contributed by atoms with Crippen molar-refractivity contribution in [3.05, 3.63) is 29.8 Å². The van der Waals surface area contributed by atoms with E-state index in [9.17, 15) is 8.42 Å². The van der Waals surface area contributed by atoms with Gasteiger partial charge in [0.25, 0.3) is 0 Å². The minimum Gasteiger partial charge on any atom is -0.492 e. The predicted molar refractivity (Wildman–Crippen MR) is 101 cm³/mol. The van der Waals surface area contributed by atoms with Gasteiger partial charge in [0.2, 0.25) is 10.0 Å². The van der Waals surface area contributed by atoms with Crippen LogP contribution < -0.4 is 14.8 Å². The average Bonchev–Trinajstić information content (AvgIpc) is 2.54. The number of ether oxygens (including phenoxy) is 1. The zero-order valence-electron chi connectivity index (χ0n) is 14.6. The van der Waals surface area contributed by atoms with Gasteiger partial charge >= 0.3 is 0 Å². The summed E-state index contributed by atoms with van der Waals surface area (Å²) in [4.78, 5) is 0. The zero-order chi connectivity index (χ0) is 16.9. The predicted octanol–water partition coefficient (Wildman–Crippen LogP) is 2.67. The van der Waals surface area contributed by atoms with E-state index in [1.165, 1.54) is 5.56 Å². The molecule has 0 unspecified atom stereocenters. The van der Waals surface area contributed by atoms with Crippen molar-refractivity contribution in [3.8, 4) is 5.75 Å². The molecule has 0 radical (unpaired) electrons. The van der Waals surface area contributed by atoms with Gasteiger partial charge in [-0.05, 0) is 49.9 Å². The summed E-state index contributed by atoms with van der Waals surface area (Å²) in [6.07, 6.45) is 1.81. The van der Waals surface area contributed by atoms with Gasteiger partial charge in [0.05, 0.1) is 11.8 Å². The first-order chi connectivity index (χ1) is 10.9. The van der Waals surface area contributed by atoms with Crippen LogP contribution in [0.15, 0.2) is 24.3 Å². The van der Waals surface area contributed by atoms with Crippen LogP contribution in [0.1, 0.15) is 45.1 Å². The number of hydrogen-bond acceptors (Lipinski definition) is 4. The number of nitrogens with one attached hydrogen (secondary N) is 2. The average molecular weight is 377 g/mol. The molecule has 0 aromatic heterocycles. The smallest absolute Gasteiger partial charge is 0.211 e. The molecule has 1 heterocycles. The SMILES string of the molecule is CCS(=O)(=O)N[C@@H]1CCCN[C@H]1COc1ccc(C(C)C)cc1.Cl. The number of sulfonamides is 1. The summed E-state index contributed by atoms with van der Waals surface area (Å²) < 4.78 is 32.3. The van der Waals surface area contributed by atoms with Gasteiger partial charge in [-0.1, -0.05) is 26.0 Å². The van der Waals surface area contributed by atoms with Gasteiger partial charge in [0.1, 0.15) is 12.4 Å². The number of hydrogen-bond donors (Lipinski definition) is 2. The minimum atomic E-state index is -3.20. The molecule has 2 rings (SSSR count). The van der Waals surface area contributed by atoms with E-state index in [2.05, 4.69) is 36.0 Å². The Bertz CT molecular complexity index is 590. The molecule has 1 aliphatic heterocycles. The Kier molecular flexibility index (Phi) is 8.50. The molecule has 2 N–H and O–H groups in total. The van der Waals surface area contributed by atoms with Crippen LogP contribution in [0.2, 0.25) is 0 Å². The largest absolute Gasteiger partial charge is 0.492 e. The third-order valence-corrected chi connectivity index (χ3v) is 5.69. The molecule has 2 atom stereocenters. The Morgan fingerprint density at radius 3 is 2.54 bits per heavy atom. The van der Waals surface area contributed by atoms with Crippen LogP contribution in [0.25, 0.3) is 0 Å². The Morgan fingerprint density at radius 1 is 1.29 bits per heavy atom. The maximum atomic E-state index is 11.8. The molecular formula is C17H29ClN2O3S. The number of piperidine rings is 1. The van der Waals surface area contributed by atoms with E-state index in [4.69, 9.17) is 4.74 Å². The van der Waals surface area contributed by atoms with Crippen molar-refractivity contribution < 1.29 is 13.2 Å². The highest BCUT2D eigenvalue weighted by atomic mass is 35.5. The van der Waals surface area contributed by atoms with Crippen molar-refractivity contribution in [2.75, 3.05) is 18.9 Å². The van der Waals surface area contributed by atoms with Gasteiger partial charge in [-0.2, -0.15) is 0 Å². The summed E-state index contributed by atoms with van der Waals surface area (Å²) in [5.41, 5.74) is 1.28. The molecule has 0 amide bonds. The second-order valence-corrected chi connectivity index (χ2v) is 8.41. The van der Waals surface area contributed by atoms with Crippen LogP contribution in [0.3, 0.4) is 0 Å². The van der Waals surface area contributed by atoms with E-state index >= 15 is 0 Å². The number of benzene rings is 1. The van der Waals surface area contributed by atoms with Crippen LogP contribution in [0, 0.1) is 0 Å². The normalized spacial score (nSPS) is 21.3. The zero-order valence-corrected chi connectivity index (χ0v) is 16.3. The third kappa shape index (κ3) is 6.24. The highest BCUT2D eigenvalue weighted by Gasteiger charge is 2.28. The van der Waals surface area contributed by atoms with Gasteiger partial charge in [0, 0.05) is 6.04 Å². The standard InChI is InChI=1S/C17H28N2O3S.ClH/c1-4-23(20,21)19-16-6-5-11-18-17(16)12-22-15-9-7-14(8-10-15)13(2)3;/h7-10,13,16-19H,4-6,11-12H2,1-3H3;1H/t16-,17+;/m1./s1. The second-order valence-electron chi connectivity index (χ2n) is 6.37. The van der Waals surface area contributed by atoms with Crippen molar-refractivity contribution in [2.45, 2.75) is 51.6 Å². The number of halogens is 1. The summed E-state index contributed by atoms with van der Waals surface area (Å²) in [5.74, 6) is 1.42. The van der Waals surface area contributed by atoms with E-state index in [-0.39, 0.29) is 30.2 Å². The Morgan fingerprint density at radius 2 is 1.96 bits per heavy atom. The van der Waals surface area contributed by atoms with Crippen molar-refractivity contribution in [3.63, 3.8) is 0 Å². The molecular weight excluding hydrogens is 348 g/mol. The lowest BCUT2D eigenvalue weighted by Gasteiger charge is -2.32. The molecule has 24 heavy (non-hydrogen) atoms. The summed E-state index contributed by atoms with van der Waals surface area (Å²) in [6, 6.07) is 7.99.